The van der Waals surface area contributed by atoms with E-state index in [1.165, 1.54) is 48.2 Å². The van der Waals surface area contributed by atoms with Crippen molar-refractivity contribution in [2.24, 2.45) is 23.5 Å². The molecule has 1 aromatic heterocycles. The number of amides is 9. The molecule has 482 valence electrons. The van der Waals surface area contributed by atoms with Crippen LogP contribution < -0.4 is 21.7 Å². The molecule has 0 radical (unpaired) electrons. The normalized spacial score (nSPS) is 16.5. The number of nitrogens with two attached hydrogens (primary N) is 1. The number of imide groups is 1. The van der Waals surface area contributed by atoms with Gasteiger partial charge in [-0.15, -0.1) is 23.1 Å². The van der Waals surface area contributed by atoms with E-state index >= 15 is 0 Å². The molecular weight excluding hydrogens is 1160 g/mol. The van der Waals surface area contributed by atoms with E-state index in [4.69, 9.17) is 15.5 Å². The number of thioether (sulfide) groups is 1. The Kier molecular flexibility index (Phi) is 28.7. The largest absolute Gasteiger partial charge is 0.455 e. The lowest BCUT2D eigenvalue weighted by Gasteiger charge is -2.38. The van der Waals surface area contributed by atoms with Crippen molar-refractivity contribution in [3.8, 4) is 0 Å². The molecule has 88 heavy (non-hydrogen) atoms. The average Bonchev–Trinajstić information content (AvgIpc) is 4.17. The van der Waals surface area contributed by atoms with Gasteiger partial charge in [0.05, 0.1) is 6.04 Å². The molecule has 0 aliphatic carbocycles. The minimum absolute atomic E-state index is 0.0284. The molecule has 0 saturated carbocycles. The standard InChI is InChI=1S/C64H93N11O11S2/c1-12-42(5)56(69-60(82)57(70(8)9)43(6)13-2)64(85)71(10)50(41(3)4)38-52(86-44(7)76)61-68-49(39-88-61)62(83)72(11)51(40-87-46-25-18-15-19-26-46)59(81)66-47(27-20-21-31-65)58(80)67-48(37-45-23-16-14-17-24-45)63(84)74-35-33-73(34-36-74)53(77)28-22-32-75-54(78)29-30-55(75)79/h14-19,23-26,29-30,39,41-43,47-48,50-52,56-57H,12-13,20-22,27-28,31-38,40,65H2,1-11H3,(H,66,81)(H,67,80)(H,69,82)/t42-,43?,47+,48-,50+,51-,52+,56?,57+/m0/s1. The lowest BCUT2D eigenvalue weighted by Crippen LogP contribution is -2.59. The van der Waals surface area contributed by atoms with Gasteiger partial charge in [-0.2, -0.15) is 0 Å². The first-order valence-electron chi connectivity index (χ1n) is 30.7. The van der Waals surface area contributed by atoms with Gasteiger partial charge in [0.15, 0.2) is 6.10 Å². The van der Waals surface area contributed by atoms with Crippen LogP contribution in [0.15, 0.2) is 83.1 Å². The van der Waals surface area contributed by atoms with Gasteiger partial charge >= 0.3 is 5.97 Å². The number of piperazine rings is 1. The van der Waals surface area contributed by atoms with Gasteiger partial charge in [-0.3, -0.25) is 57.7 Å². The van der Waals surface area contributed by atoms with Gasteiger partial charge < -0.3 is 46.0 Å². The second-order valence-corrected chi connectivity index (χ2v) is 25.4. The quantitative estimate of drug-likeness (QED) is 0.0263. The van der Waals surface area contributed by atoms with Crippen LogP contribution in [-0.2, 0) is 54.3 Å². The van der Waals surface area contributed by atoms with Crippen molar-refractivity contribution < 1.29 is 52.7 Å². The zero-order valence-electron chi connectivity index (χ0n) is 53.1. The molecular formula is C64H93N11O11S2. The van der Waals surface area contributed by atoms with E-state index < -0.39 is 77.9 Å². The fourth-order valence-electron chi connectivity index (χ4n) is 10.9. The van der Waals surface area contributed by atoms with E-state index in [1.54, 1.807) is 21.7 Å². The summed E-state index contributed by atoms with van der Waals surface area (Å²) >= 11 is 2.43. The fraction of sp³-hybridized carbons (Fsp3) is 0.578. The predicted octanol–water partition coefficient (Wildman–Crippen LogP) is 5.08. The van der Waals surface area contributed by atoms with Crippen LogP contribution in [0.25, 0.3) is 0 Å². The second-order valence-electron chi connectivity index (χ2n) is 23.5. The molecule has 0 spiro atoms. The first-order valence-corrected chi connectivity index (χ1v) is 32.5. The number of aromatic nitrogens is 1. The highest BCUT2D eigenvalue weighted by Crippen LogP contribution is 2.32. The minimum Gasteiger partial charge on any atom is -0.455 e. The van der Waals surface area contributed by atoms with Crippen LogP contribution in [-0.4, -0.2) is 203 Å². The van der Waals surface area contributed by atoms with Crippen molar-refractivity contribution in [2.45, 2.75) is 154 Å². The number of nitrogens with one attached hydrogen (secondary N) is 3. The molecule has 2 aliphatic rings. The molecule has 1 saturated heterocycles. The summed E-state index contributed by atoms with van der Waals surface area (Å²) in [6.07, 6.45) is 4.57. The molecule has 2 aromatic carbocycles. The molecule has 5 N–H and O–H groups in total. The first-order chi connectivity index (χ1) is 41.9. The fourth-order valence-corrected chi connectivity index (χ4v) is 12.8. The smallest absolute Gasteiger partial charge is 0.303 e. The van der Waals surface area contributed by atoms with Crippen LogP contribution in [0.1, 0.15) is 127 Å². The lowest BCUT2D eigenvalue weighted by atomic mass is 9.92. The third-order valence-corrected chi connectivity index (χ3v) is 18.5. The summed E-state index contributed by atoms with van der Waals surface area (Å²) in [6.45, 7) is 14.4. The Bertz CT molecular complexity index is 2850. The van der Waals surface area contributed by atoms with E-state index in [2.05, 4.69) is 16.0 Å². The maximum Gasteiger partial charge on any atom is 0.303 e. The summed E-state index contributed by atoms with van der Waals surface area (Å²) in [5, 5.41) is 10.8. The van der Waals surface area contributed by atoms with Gasteiger partial charge in [-0.05, 0) is 81.8 Å². The van der Waals surface area contributed by atoms with Crippen molar-refractivity contribution in [3.05, 3.63) is 94.5 Å². The molecule has 2 unspecified atom stereocenters. The maximum atomic E-state index is 14.9. The average molecular weight is 1260 g/mol. The van der Waals surface area contributed by atoms with Crippen molar-refractivity contribution in [1.29, 1.82) is 0 Å². The van der Waals surface area contributed by atoms with Crippen LogP contribution >= 0.6 is 23.1 Å². The van der Waals surface area contributed by atoms with E-state index in [1.807, 2.05) is 121 Å². The Hall–Kier alpha value is -7.02. The number of nitrogens with zero attached hydrogens (tertiary/aromatic N) is 7. The Morgan fingerprint density at radius 2 is 1.34 bits per heavy atom. The summed E-state index contributed by atoms with van der Waals surface area (Å²) in [4.78, 5) is 152. The van der Waals surface area contributed by atoms with Gasteiger partial charge in [-0.25, -0.2) is 4.98 Å². The van der Waals surface area contributed by atoms with Crippen LogP contribution in [0.4, 0.5) is 0 Å². The number of rotatable bonds is 34. The molecule has 5 rings (SSSR count). The van der Waals surface area contributed by atoms with Crippen molar-refractivity contribution in [1.82, 2.24) is 50.3 Å². The minimum atomic E-state index is -1.18. The molecule has 3 aromatic rings. The molecule has 24 heteroatoms. The molecule has 9 atom stereocenters. The maximum absolute atomic E-state index is 14.9. The Morgan fingerprint density at radius 3 is 1.92 bits per heavy atom. The molecule has 9 amide bonds. The molecule has 0 bridgehead atoms. The lowest BCUT2D eigenvalue weighted by molar-refractivity contribution is -0.149. The number of esters is 1. The molecule has 2 aliphatic heterocycles. The highest BCUT2D eigenvalue weighted by molar-refractivity contribution is 7.99. The third-order valence-electron chi connectivity index (χ3n) is 16.5. The zero-order valence-corrected chi connectivity index (χ0v) is 54.7. The van der Waals surface area contributed by atoms with Crippen LogP contribution in [0.3, 0.4) is 0 Å². The van der Waals surface area contributed by atoms with E-state index in [0.717, 1.165) is 33.1 Å². The summed E-state index contributed by atoms with van der Waals surface area (Å²) < 4.78 is 5.92. The number of carbonyl (C=O) groups is 10. The van der Waals surface area contributed by atoms with Gasteiger partial charge in [-0.1, -0.05) is 103 Å². The molecule has 1 fully saturated rings. The summed E-state index contributed by atoms with van der Waals surface area (Å²) in [5.41, 5.74) is 6.66. The zero-order chi connectivity index (χ0) is 64.8. The number of thiazole rings is 1. The van der Waals surface area contributed by atoms with Crippen LogP contribution in [0.5, 0.6) is 0 Å². The van der Waals surface area contributed by atoms with E-state index in [-0.39, 0.29) is 111 Å². The second kappa shape index (κ2) is 35.2. The van der Waals surface area contributed by atoms with Gasteiger partial charge in [0, 0.05) is 107 Å². The van der Waals surface area contributed by atoms with E-state index in [9.17, 15) is 47.9 Å². The van der Waals surface area contributed by atoms with E-state index in [0.29, 0.717) is 37.2 Å². The first kappa shape index (κ1) is 71.7. The number of ether oxygens (including phenoxy) is 1. The summed E-state index contributed by atoms with van der Waals surface area (Å²) in [6, 6.07) is 13.3. The summed E-state index contributed by atoms with van der Waals surface area (Å²) in [5.74, 6) is -4.66. The number of unbranched alkanes of at least 4 members (excludes halogenated alkanes) is 1. The van der Waals surface area contributed by atoms with Gasteiger partial charge in [0.1, 0.15) is 34.9 Å². The highest BCUT2D eigenvalue weighted by atomic mass is 32.2. The van der Waals surface area contributed by atoms with Crippen molar-refractivity contribution >= 4 is 82.2 Å². The number of hydrogen-bond donors (Lipinski definition) is 4. The Labute approximate surface area is 527 Å². The van der Waals surface area contributed by atoms with Crippen LogP contribution in [0, 0.1) is 17.8 Å². The SMILES string of the molecule is CCC(C)[C@H](C(=O)NC(C(=O)N(C)[C@H](C[C@@H](OC(C)=O)c1nc(C(=O)N(C)[C@@H](CSc2ccccc2)C(=O)N[C@H](CCCCN)C(=O)N[C@@H](Cc2ccccc2)C(=O)N2CCN(C(=O)CCCN3C(=O)C=CC3=O)CC2)cs1)C(C)C)[C@@H](C)CC)N(C)C. The van der Waals surface area contributed by atoms with Gasteiger partial charge in [0.25, 0.3) is 17.7 Å². The van der Waals surface area contributed by atoms with Crippen molar-refractivity contribution in [3.63, 3.8) is 0 Å². The van der Waals surface area contributed by atoms with Crippen LogP contribution in [0.2, 0.25) is 0 Å². The number of benzene rings is 2. The molecule has 3 heterocycles. The Morgan fingerprint density at radius 1 is 0.739 bits per heavy atom. The number of carbonyl (C=O) groups excluding carboxylic acids is 10. The number of hydrogen-bond acceptors (Lipinski definition) is 16. The van der Waals surface area contributed by atoms with Crippen molar-refractivity contribution in [2.75, 3.05) is 73.2 Å². The third kappa shape index (κ3) is 20.5. The monoisotopic (exact) mass is 1260 g/mol. The Balaban J connectivity index is 1.36. The number of likely N-dealkylation sites (N-methyl/N-ethyl adjacent to an activating group) is 3. The highest BCUT2D eigenvalue weighted by Gasteiger charge is 2.40. The predicted molar refractivity (Wildman–Crippen MR) is 339 cm³/mol. The topological polar surface area (TPSA) is 274 Å². The van der Waals surface area contributed by atoms with Gasteiger partial charge in [0.2, 0.25) is 35.4 Å². The summed E-state index contributed by atoms with van der Waals surface area (Å²) in [7, 11) is 6.86. The molecule has 22 nitrogen and oxygen atoms in total.